The third kappa shape index (κ3) is 2.96. The Morgan fingerprint density at radius 2 is 2.26 bits per heavy atom. The largest absolute Gasteiger partial charge is 0.395 e. The molecule has 0 radical (unpaired) electrons. The summed E-state index contributed by atoms with van der Waals surface area (Å²) in [6.45, 7) is 2.87. The Bertz CT molecular complexity index is 408. The first-order valence-corrected chi connectivity index (χ1v) is 6.99. The molecule has 4 N–H and O–H groups in total. The molecule has 0 bridgehead atoms. The number of aliphatic hydroxyl groups is 1. The lowest BCUT2D eigenvalue weighted by atomic mass is 9.91. The lowest BCUT2D eigenvalue weighted by Gasteiger charge is -2.39. The molecule has 0 saturated heterocycles. The van der Waals surface area contributed by atoms with E-state index < -0.39 is 0 Å². The average molecular weight is 265 g/mol. The van der Waals surface area contributed by atoms with E-state index in [4.69, 9.17) is 5.84 Å². The zero-order valence-corrected chi connectivity index (χ0v) is 11.5. The van der Waals surface area contributed by atoms with E-state index in [0.717, 1.165) is 24.2 Å². The maximum Gasteiger partial charge on any atom is 0.148 e. The Hall–Kier alpha value is -1.40. The molecule has 1 aliphatic carbocycles. The fourth-order valence-electron chi connectivity index (χ4n) is 2.52. The fourth-order valence-corrected chi connectivity index (χ4v) is 2.52. The van der Waals surface area contributed by atoms with Gasteiger partial charge in [0.1, 0.15) is 18.0 Å². The minimum atomic E-state index is 0.136. The van der Waals surface area contributed by atoms with Crippen LogP contribution in [0, 0.1) is 0 Å². The van der Waals surface area contributed by atoms with Crippen molar-refractivity contribution < 1.29 is 5.11 Å². The minimum Gasteiger partial charge on any atom is -0.395 e. The number of aliphatic hydroxyl groups excluding tert-OH is 1. The first-order valence-electron chi connectivity index (χ1n) is 6.99. The second-order valence-corrected chi connectivity index (χ2v) is 4.92. The summed E-state index contributed by atoms with van der Waals surface area (Å²) in [6, 6.07) is 0.489. The van der Waals surface area contributed by atoms with E-state index in [2.05, 4.69) is 27.2 Å². The van der Waals surface area contributed by atoms with Gasteiger partial charge in [-0.3, -0.25) is 0 Å². The Labute approximate surface area is 114 Å². The number of hydrogen-bond acceptors (Lipinski definition) is 6. The number of nitrogens with one attached hydrogen (secondary N) is 1. The molecule has 0 aliphatic heterocycles. The zero-order chi connectivity index (χ0) is 13.7. The highest BCUT2D eigenvalue weighted by Crippen LogP contribution is 2.32. The van der Waals surface area contributed by atoms with Gasteiger partial charge < -0.3 is 15.4 Å². The van der Waals surface area contributed by atoms with Gasteiger partial charge in [-0.05, 0) is 25.7 Å². The van der Waals surface area contributed by atoms with E-state index in [-0.39, 0.29) is 6.61 Å². The standard InChI is InChI=1S/C13H23N5O/c1-2-4-11-12(17-14)15-9-16-13(11)18(7-8-19)10-5-3-6-10/h9-10,19H,2-8,14H2,1H3,(H,15,16,17). The van der Waals surface area contributed by atoms with Gasteiger partial charge in [-0.15, -0.1) is 0 Å². The monoisotopic (exact) mass is 265 g/mol. The van der Waals surface area contributed by atoms with E-state index in [1.807, 2.05) is 0 Å². The highest BCUT2D eigenvalue weighted by atomic mass is 16.3. The van der Waals surface area contributed by atoms with Crippen LogP contribution in [0.1, 0.15) is 38.2 Å². The molecule has 19 heavy (non-hydrogen) atoms. The van der Waals surface area contributed by atoms with Crippen molar-refractivity contribution in [2.45, 2.75) is 45.1 Å². The molecule has 1 aromatic heterocycles. The molecule has 0 atom stereocenters. The Morgan fingerprint density at radius 1 is 1.47 bits per heavy atom. The molecule has 2 rings (SSSR count). The molecular weight excluding hydrogens is 242 g/mol. The fraction of sp³-hybridized carbons (Fsp3) is 0.692. The van der Waals surface area contributed by atoms with Crippen molar-refractivity contribution in [3.63, 3.8) is 0 Å². The molecular formula is C13H23N5O. The van der Waals surface area contributed by atoms with E-state index in [0.29, 0.717) is 18.4 Å². The van der Waals surface area contributed by atoms with Gasteiger partial charge in [-0.25, -0.2) is 15.8 Å². The molecule has 0 spiro atoms. The van der Waals surface area contributed by atoms with Gasteiger partial charge in [0, 0.05) is 18.2 Å². The van der Waals surface area contributed by atoms with Crippen molar-refractivity contribution in [3.8, 4) is 0 Å². The van der Waals surface area contributed by atoms with Gasteiger partial charge in [-0.1, -0.05) is 13.3 Å². The summed E-state index contributed by atoms with van der Waals surface area (Å²) in [5.74, 6) is 7.15. The van der Waals surface area contributed by atoms with Gasteiger partial charge in [0.25, 0.3) is 0 Å². The summed E-state index contributed by atoms with van der Waals surface area (Å²) < 4.78 is 0. The molecule has 0 unspecified atom stereocenters. The van der Waals surface area contributed by atoms with Crippen molar-refractivity contribution in [3.05, 3.63) is 11.9 Å². The van der Waals surface area contributed by atoms with Crippen molar-refractivity contribution in [1.29, 1.82) is 0 Å². The molecule has 0 amide bonds. The first-order chi connectivity index (χ1) is 9.31. The summed E-state index contributed by atoms with van der Waals surface area (Å²) in [5.41, 5.74) is 3.70. The lowest BCUT2D eigenvalue weighted by Crippen LogP contribution is -2.43. The predicted octanol–water partition coefficient (Wildman–Crippen LogP) is 1.07. The molecule has 6 nitrogen and oxygen atoms in total. The SMILES string of the molecule is CCCc1c(NN)ncnc1N(CCO)C1CCC1. The van der Waals surface area contributed by atoms with Gasteiger partial charge in [0.05, 0.1) is 6.61 Å². The molecule has 1 aromatic rings. The summed E-state index contributed by atoms with van der Waals surface area (Å²) in [5, 5.41) is 9.29. The van der Waals surface area contributed by atoms with Crippen LogP contribution in [0.2, 0.25) is 0 Å². The topological polar surface area (TPSA) is 87.3 Å². The van der Waals surface area contributed by atoms with Crippen LogP contribution in [0.5, 0.6) is 0 Å². The van der Waals surface area contributed by atoms with Gasteiger partial charge >= 0.3 is 0 Å². The number of nitrogens with two attached hydrogens (primary N) is 1. The number of anilines is 2. The summed E-state index contributed by atoms with van der Waals surface area (Å²) in [4.78, 5) is 10.8. The predicted molar refractivity (Wildman–Crippen MR) is 75.9 cm³/mol. The Balaban J connectivity index is 2.33. The van der Waals surface area contributed by atoms with Crippen molar-refractivity contribution in [2.75, 3.05) is 23.5 Å². The minimum absolute atomic E-state index is 0.136. The number of hydrazine groups is 1. The second-order valence-electron chi connectivity index (χ2n) is 4.92. The molecule has 1 fully saturated rings. The van der Waals surface area contributed by atoms with E-state index in [1.165, 1.54) is 25.6 Å². The molecule has 1 aliphatic rings. The number of nitrogen functional groups attached to an aromatic ring is 1. The number of nitrogens with zero attached hydrogens (tertiary/aromatic N) is 3. The molecule has 106 valence electrons. The van der Waals surface area contributed by atoms with E-state index in [1.54, 1.807) is 0 Å². The molecule has 6 heteroatoms. The quantitative estimate of drug-likeness (QED) is 0.505. The van der Waals surface area contributed by atoms with Crippen LogP contribution in [0.3, 0.4) is 0 Å². The van der Waals surface area contributed by atoms with Crippen molar-refractivity contribution in [1.82, 2.24) is 9.97 Å². The van der Waals surface area contributed by atoms with Gasteiger partial charge in [0.15, 0.2) is 0 Å². The van der Waals surface area contributed by atoms with Crippen molar-refractivity contribution in [2.24, 2.45) is 5.84 Å². The average Bonchev–Trinajstić information content (AvgIpc) is 2.37. The smallest absolute Gasteiger partial charge is 0.148 e. The van der Waals surface area contributed by atoms with Gasteiger partial charge in [0.2, 0.25) is 0 Å². The van der Waals surface area contributed by atoms with Crippen LogP contribution in [0.25, 0.3) is 0 Å². The summed E-state index contributed by atoms with van der Waals surface area (Å²) in [7, 11) is 0. The normalized spacial score (nSPS) is 15.1. The molecule has 1 heterocycles. The van der Waals surface area contributed by atoms with Crippen LogP contribution in [0.4, 0.5) is 11.6 Å². The van der Waals surface area contributed by atoms with Crippen LogP contribution in [-0.4, -0.2) is 34.3 Å². The number of rotatable bonds is 7. The van der Waals surface area contributed by atoms with Gasteiger partial charge in [-0.2, -0.15) is 0 Å². The highest BCUT2D eigenvalue weighted by molar-refractivity contribution is 5.59. The Morgan fingerprint density at radius 3 is 2.79 bits per heavy atom. The maximum absolute atomic E-state index is 9.29. The maximum atomic E-state index is 9.29. The zero-order valence-electron chi connectivity index (χ0n) is 11.5. The third-order valence-corrected chi connectivity index (χ3v) is 3.69. The lowest BCUT2D eigenvalue weighted by molar-refractivity contribution is 0.282. The van der Waals surface area contributed by atoms with Crippen molar-refractivity contribution >= 4 is 11.6 Å². The van der Waals surface area contributed by atoms with Crippen LogP contribution in [-0.2, 0) is 6.42 Å². The van der Waals surface area contributed by atoms with E-state index in [9.17, 15) is 5.11 Å². The van der Waals surface area contributed by atoms with E-state index >= 15 is 0 Å². The number of hydrogen-bond donors (Lipinski definition) is 3. The summed E-state index contributed by atoms with van der Waals surface area (Å²) >= 11 is 0. The summed E-state index contributed by atoms with van der Waals surface area (Å²) in [6.07, 6.45) is 7.01. The van der Waals surface area contributed by atoms with Crippen LogP contribution < -0.4 is 16.2 Å². The molecule has 0 aromatic carbocycles. The molecule has 1 saturated carbocycles. The third-order valence-electron chi connectivity index (χ3n) is 3.69. The number of aromatic nitrogens is 2. The first kappa shape index (κ1) is 14.0. The Kier molecular flexibility index (Phi) is 4.93. The van der Waals surface area contributed by atoms with Crippen LogP contribution in [0.15, 0.2) is 6.33 Å². The van der Waals surface area contributed by atoms with Crippen LogP contribution >= 0.6 is 0 Å². The highest BCUT2D eigenvalue weighted by Gasteiger charge is 2.28. The second kappa shape index (κ2) is 6.68.